The van der Waals surface area contributed by atoms with Gasteiger partial charge in [-0.1, -0.05) is 208 Å². The van der Waals surface area contributed by atoms with Crippen LogP contribution in [0.1, 0.15) is 25.0 Å². The number of rotatable bonds is 10. The van der Waals surface area contributed by atoms with E-state index in [1.165, 1.54) is 90.8 Å². The Balaban J connectivity index is 0.00000159. The number of halogens is 2. The van der Waals surface area contributed by atoms with Gasteiger partial charge in [0.15, 0.2) is 0 Å². The van der Waals surface area contributed by atoms with Crippen molar-refractivity contribution in [2.75, 3.05) is 6.06 Å². The van der Waals surface area contributed by atoms with E-state index < -0.39 is 34.3 Å². The predicted molar refractivity (Wildman–Crippen MR) is 267 cm³/mol. The van der Waals surface area contributed by atoms with Crippen molar-refractivity contribution < 1.29 is 20.8 Å². The summed E-state index contributed by atoms with van der Waals surface area (Å²) in [5.74, 6) is 10.9. The Morgan fingerprint density at radius 1 is 0.435 bits per heavy atom. The van der Waals surface area contributed by atoms with E-state index in [0.29, 0.717) is 0 Å². The van der Waals surface area contributed by atoms with E-state index in [4.69, 9.17) is 17.0 Å². The molecule has 4 aliphatic carbocycles. The molecule has 2 saturated carbocycles. The first-order chi connectivity index (χ1) is 30.5. The van der Waals surface area contributed by atoms with Gasteiger partial charge < -0.3 is 0 Å². The molecule has 6 aromatic rings. The van der Waals surface area contributed by atoms with Crippen molar-refractivity contribution in [3.63, 3.8) is 0 Å². The van der Waals surface area contributed by atoms with Gasteiger partial charge in [-0.3, -0.25) is 0 Å². The Kier molecular flexibility index (Phi) is 13.7. The quantitative estimate of drug-likeness (QED) is 0.0948. The molecule has 0 heterocycles. The van der Waals surface area contributed by atoms with Gasteiger partial charge in [0.2, 0.25) is 0 Å². The number of fused-ring (bicyclic) bond motifs is 2. The minimum atomic E-state index is -2.43. The van der Waals surface area contributed by atoms with Crippen molar-refractivity contribution in [1.29, 1.82) is 0 Å². The van der Waals surface area contributed by atoms with Crippen LogP contribution in [0.25, 0.3) is 11.1 Å². The summed E-state index contributed by atoms with van der Waals surface area (Å²) in [6.45, 7) is 4.76. The van der Waals surface area contributed by atoms with Crippen molar-refractivity contribution in [2.24, 2.45) is 0 Å². The van der Waals surface area contributed by atoms with Crippen molar-refractivity contribution >= 4 is 63.0 Å². The van der Waals surface area contributed by atoms with Gasteiger partial charge in [-0.25, -0.2) is 5.46 Å². The fourth-order valence-electron chi connectivity index (χ4n) is 10.7. The molecule has 0 nitrogen and oxygen atoms in total. The summed E-state index contributed by atoms with van der Waals surface area (Å²) in [4.78, 5) is 0. The molecule has 0 bridgehead atoms. The number of allylic oxidation sites excluding steroid dienone is 8. The summed E-state index contributed by atoms with van der Waals surface area (Å²) in [6, 6.07) is 68.8. The average Bonchev–Trinajstić information content (AvgIpc) is 3.87. The molecule has 298 valence electrons. The Labute approximate surface area is 390 Å². The topological polar surface area (TPSA) is 0 Å². The summed E-state index contributed by atoms with van der Waals surface area (Å²) in [7, 11) is 7.44. The molecule has 0 N–H and O–H groups in total. The van der Waals surface area contributed by atoms with Crippen molar-refractivity contribution in [3.8, 4) is 0 Å². The number of hydrogen-bond acceptors (Lipinski definition) is 0. The Morgan fingerprint density at radius 2 is 0.758 bits per heavy atom. The van der Waals surface area contributed by atoms with Crippen molar-refractivity contribution in [1.82, 2.24) is 0 Å². The van der Waals surface area contributed by atoms with Crippen LogP contribution in [-0.2, 0) is 20.8 Å². The summed E-state index contributed by atoms with van der Waals surface area (Å²) in [5, 5.41) is 4.20. The van der Waals surface area contributed by atoms with Crippen LogP contribution in [0.2, 0.25) is 0 Å². The van der Waals surface area contributed by atoms with Gasteiger partial charge in [0.05, 0.1) is 13.4 Å². The van der Waals surface area contributed by atoms with Gasteiger partial charge in [0.1, 0.15) is 15.9 Å². The number of benzene rings is 6. The SMILES string of the molecule is C[C]1[CH][C]2[C](C=CC=C2c2ccccc2)[C]1[B-](C[P+](c1ccccc1)(c1ccccc1)c1ccccc1)([C]1[C](C)[CH][C]2[C]1C=CC=C2c1ccccc1)c1ccccc1.[Cl][Zr+2][Cl]. The average molecular weight is 935 g/mol. The van der Waals surface area contributed by atoms with Crippen LogP contribution in [0.4, 0.5) is 0 Å². The predicted octanol–water partition coefficient (Wildman–Crippen LogP) is 12.7. The van der Waals surface area contributed by atoms with Gasteiger partial charge in [-0.15, -0.1) is 0 Å². The minimum absolute atomic E-state index is 0.826. The molecule has 5 heteroatoms. The zero-order valence-corrected chi connectivity index (χ0v) is 39.8. The molecule has 0 atom stereocenters. The molecular weight excluding hydrogens is 889 g/mol. The second kappa shape index (κ2) is 19.5. The van der Waals surface area contributed by atoms with Gasteiger partial charge in [0.25, 0.3) is 0 Å². The first kappa shape index (κ1) is 43.5. The second-order valence-corrected chi connectivity index (χ2v) is 23.5. The fraction of sp³-hybridized carbons (Fsp3) is 0.0526. The van der Waals surface area contributed by atoms with Crippen LogP contribution < -0.4 is 21.4 Å². The van der Waals surface area contributed by atoms with Gasteiger partial charge in [-0.05, 0) is 89.4 Å². The van der Waals surface area contributed by atoms with E-state index in [9.17, 15) is 0 Å². The van der Waals surface area contributed by atoms with E-state index in [2.05, 4.69) is 245 Å². The third-order valence-corrected chi connectivity index (χ3v) is 17.7. The van der Waals surface area contributed by atoms with Crippen LogP contribution in [0.15, 0.2) is 218 Å². The Bertz CT molecular complexity index is 2320. The molecule has 0 saturated heterocycles. The fourth-order valence-corrected chi connectivity index (χ4v) is 15.7. The van der Waals surface area contributed by atoms with Gasteiger partial charge >= 0.3 is 37.9 Å². The summed E-state index contributed by atoms with van der Waals surface area (Å²) in [5.41, 5.74) is 6.42. The second-order valence-electron chi connectivity index (χ2n) is 16.3. The molecular formula is C57H46BCl2PZr+2. The van der Waals surface area contributed by atoms with Crippen molar-refractivity contribution in [3.05, 3.63) is 290 Å². The van der Waals surface area contributed by atoms with E-state index in [-0.39, 0.29) is 0 Å². The molecule has 2 fully saturated rings. The van der Waals surface area contributed by atoms with Crippen LogP contribution in [-0.4, -0.2) is 12.2 Å². The van der Waals surface area contributed by atoms with Gasteiger partial charge in [-0.2, -0.15) is 11.6 Å². The molecule has 10 rings (SSSR count). The molecule has 0 aliphatic heterocycles. The Hall–Kier alpha value is -3.76. The van der Waals surface area contributed by atoms with Crippen LogP contribution in [0.3, 0.4) is 0 Å². The third kappa shape index (κ3) is 8.02. The molecule has 0 unspecified atom stereocenters. The van der Waals surface area contributed by atoms with E-state index in [0.717, 1.165) is 6.06 Å². The van der Waals surface area contributed by atoms with E-state index in [1.807, 2.05) is 0 Å². The molecule has 62 heavy (non-hydrogen) atoms. The van der Waals surface area contributed by atoms with Gasteiger partial charge in [0, 0.05) is 11.8 Å². The first-order valence-electron chi connectivity index (χ1n) is 21.2. The number of hydrogen-bond donors (Lipinski definition) is 0. The molecule has 0 aromatic heterocycles. The first-order valence-corrected chi connectivity index (χ1v) is 29.6. The molecule has 0 amide bonds. The summed E-state index contributed by atoms with van der Waals surface area (Å²) in [6.07, 6.45) is 17.3. The van der Waals surface area contributed by atoms with Crippen LogP contribution in [0.5, 0.6) is 0 Å². The molecule has 0 spiro atoms. The monoisotopic (exact) mass is 932 g/mol. The normalized spacial score (nSPS) is 18.1. The van der Waals surface area contributed by atoms with Crippen molar-refractivity contribution in [2.45, 2.75) is 13.8 Å². The maximum absolute atomic E-state index is 4.93. The van der Waals surface area contributed by atoms with E-state index >= 15 is 0 Å². The zero-order valence-electron chi connectivity index (χ0n) is 34.9. The summed E-state index contributed by atoms with van der Waals surface area (Å²) >= 11 is -0.826. The molecule has 4 aliphatic rings. The summed E-state index contributed by atoms with van der Waals surface area (Å²) < 4.78 is 0. The standard InChI is InChI=1S/C57H46BP.2ClH.Zr/c1-42-39-54-50(44-23-9-3-10-24-44)35-21-37-52(54)56(42)58(46-27-13-5-14-28-46,57-43(2)40-55-51(36-22-38-53(55)57)45-25-11-4-12-26-45)41-59(47-29-15-6-16-30-47,48-31-17-7-18-32-48)49-33-19-8-20-34-49;;;/h3-40H,41H2,1-2H3;2*1H;/q;;;+4/p-2. The molecule has 6 aromatic carbocycles. The maximum atomic E-state index is 4.93. The zero-order chi connectivity index (χ0) is 42.5. The molecule has 10 radical (unpaired) electrons. The van der Waals surface area contributed by atoms with E-state index in [1.54, 1.807) is 0 Å². The third-order valence-electron chi connectivity index (χ3n) is 13.0. The van der Waals surface area contributed by atoms with Crippen LogP contribution >= 0.6 is 24.3 Å². The Morgan fingerprint density at radius 3 is 1.11 bits per heavy atom. The van der Waals surface area contributed by atoms with Crippen LogP contribution in [0, 0.1) is 60.0 Å².